The molecule has 0 aliphatic heterocycles. The van der Waals surface area contributed by atoms with Crippen molar-refractivity contribution in [3.63, 3.8) is 0 Å². The number of carboxylic acids is 3. The van der Waals surface area contributed by atoms with Crippen LogP contribution in [0, 0.1) is 5.92 Å². The van der Waals surface area contributed by atoms with E-state index >= 15 is 0 Å². The van der Waals surface area contributed by atoms with E-state index < -0.39 is 35.8 Å². The topological polar surface area (TPSA) is 141 Å². The molecule has 0 aromatic rings. The van der Waals surface area contributed by atoms with E-state index in [9.17, 15) is 34.8 Å². The summed E-state index contributed by atoms with van der Waals surface area (Å²) >= 11 is 0. The van der Waals surface area contributed by atoms with Crippen molar-refractivity contribution in [1.29, 1.82) is 0 Å². The summed E-state index contributed by atoms with van der Waals surface area (Å²) in [6, 6.07) is 0. The fraction of sp³-hybridized carbons (Fsp3) is 0.625. The molecule has 0 bridgehead atoms. The van der Waals surface area contributed by atoms with Crippen LogP contribution in [0.2, 0.25) is 0 Å². The molecule has 7 nitrogen and oxygen atoms in total. The Hall–Kier alpha value is -1.63. The SMILES string of the molecule is CCC(C(=O)[O-])C(O)(CC(=O)[O-])C(=O)[O-]. The molecule has 0 fully saturated rings. The first-order valence-electron chi connectivity index (χ1n) is 4.10. The van der Waals surface area contributed by atoms with Gasteiger partial charge in [0.25, 0.3) is 0 Å². The van der Waals surface area contributed by atoms with Crippen molar-refractivity contribution in [1.82, 2.24) is 0 Å². The Kier molecular flexibility index (Phi) is 4.22. The van der Waals surface area contributed by atoms with Crippen LogP contribution in [0.15, 0.2) is 0 Å². The molecule has 0 radical (unpaired) electrons. The Morgan fingerprint density at radius 2 is 1.73 bits per heavy atom. The highest BCUT2D eigenvalue weighted by Crippen LogP contribution is 2.23. The van der Waals surface area contributed by atoms with Gasteiger partial charge in [-0.2, -0.15) is 0 Å². The van der Waals surface area contributed by atoms with Crippen LogP contribution in [-0.4, -0.2) is 28.6 Å². The second kappa shape index (κ2) is 4.74. The molecule has 2 atom stereocenters. The number of aliphatic carboxylic acids is 3. The Balaban J connectivity index is 5.15. The van der Waals surface area contributed by atoms with Crippen molar-refractivity contribution in [2.45, 2.75) is 25.4 Å². The maximum absolute atomic E-state index is 10.5. The van der Waals surface area contributed by atoms with Crippen molar-refractivity contribution in [3.05, 3.63) is 0 Å². The maximum Gasteiger partial charge on any atom is 0.117 e. The molecule has 0 saturated heterocycles. The largest absolute Gasteiger partial charge is 0.550 e. The number of hydrogen-bond donors (Lipinski definition) is 1. The summed E-state index contributed by atoms with van der Waals surface area (Å²) in [6.45, 7) is 1.27. The number of hydrogen-bond acceptors (Lipinski definition) is 7. The molecular weight excluding hydrogens is 208 g/mol. The summed E-state index contributed by atoms with van der Waals surface area (Å²) in [4.78, 5) is 31.2. The van der Waals surface area contributed by atoms with Crippen LogP contribution in [-0.2, 0) is 14.4 Å². The molecule has 0 rings (SSSR count). The lowest BCUT2D eigenvalue weighted by molar-refractivity contribution is -0.346. The Bertz CT molecular complexity index is 285. The van der Waals surface area contributed by atoms with Crippen LogP contribution in [0.1, 0.15) is 19.8 Å². The molecule has 2 unspecified atom stereocenters. The van der Waals surface area contributed by atoms with Gasteiger partial charge < -0.3 is 34.8 Å². The highest BCUT2D eigenvalue weighted by atomic mass is 16.4. The Morgan fingerprint density at radius 3 is 1.93 bits per heavy atom. The lowest BCUT2D eigenvalue weighted by Gasteiger charge is -2.37. The van der Waals surface area contributed by atoms with E-state index in [4.69, 9.17) is 0 Å². The Morgan fingerprint density at radius 1 is 1.27 bits per heavy atom. The molecule has 0 aliphatic rings. The fourth-order valence-corrected chi connectivity index (χ4v) is 1.26. The molecule has 15 heavy (non-hydrogen) atoms. The van der Waals surface area contributed by atoms with Gasteiger partial charge in [0, 0.05) is 24.3 Å². The minimum Gasteiger partial charge on any atom is -0.550 e. The predicted molar refractivity (Wildman–Crippen MR) is 38.4 cm³/mol. The first-order chi connectivity index (χ1) is 6.75. The summed E-state index contributed by atoms with van der Waals surface area (Å²) in [5.41, 5.74) is -3.01. The van der Waals surface area contributed by atoms with Crippen LogP contribution in [0.3, 0.4) is 0 Å². The smallest absolute Gasteiger partial charge is 0.117 e. The van der Waals surface area contributed by atoms with Gasteiger partial charge in [0.05, 0.1) is 5.97 Å². The number of carbonyl (C=O) groups is 3. The molecule has 0 aliphatic carbocycles. The molecule has 0 spiro atoms. The van der Waals surface area contributed by atoms with E-state index in [1.54, 1.807) is 0 Å². The first kappa shape index (κ1) is 13.4. The van der Waals surface area contributed by atoms with Gasteiger partial charge in [0.1, 0.15) is 5.60 Å². The van der Waals surface area contributed by atoms with E-state index in [0.717, 1.165) is 0 Å². The predicted octanol–water partition coefficient (Wildman–Crippen LogP) is -4.62. The normalized spacial score (nSPS) is 16.4. The van der Waals surface area contributed by atoms with Crippen molar-refractivity contribution < 1.29 is 34.8 Å². The number of rotatable bonds is 6. The van der Waals surface area contributed by atoms with Gasteiger partial charge in [-0.1, -0.05) is 6.92 Å². The van der Waals surface area contributed by atoms with Crippen molar-refractivity contribution in [2.24, 2.45) is 5.92 Å². The lowest BCUT2D eigenvalue weighted by Crippen LogP contribution is -2.60. The summed E-state index contributed by atoms with van der Waals surface area (Å²) in [5, 5.41) is 40.6. The standard InChI is InChI=1S/C8H12O7/c1-2-4(6(11)12)8(15,7(13)14)3-5(9)10/h4,15H,2-3H2,1H3,(H,9,10)(H,11,12)(H,13,14)/p-3. The van der Waals surface area contributed by atoms with Gasteiger partial charge >= 0.3 is 0 Å². The van der Waals surface area contributed by atoms with Gasteiger partial charge in [-0.3, -0.25) is 0 Å². The third kappa shape index (κ3) is 2.91. The molecular formula is C8H9O7-3. The zero-order valence-electron chi connectivity index (χ0n) is 7.89. The number of aliphatic hydroxyl groups is 1. The third-order valence-corrected chi connectivity index (χ3v) is 2.04. The van der Waals surface area contributed by atoms with Crippen LogP contribution < -0.4 is 15.3 Å². The van der Waals surface area contributed by atoms with Crippen molar-refractivity contribution >= 4 is 17.9 Å². The summed E-state index contributed by atoms with van der Waals surface area (Å²) in [7, 11) is 0. The minimum atomic E-state index is -3.01. The lowest BCUT2D eigenvalue weighted by atomic mass is 9.83. The minimum absolute atomic E-state index is 0.305. The average Bonchev–Trinajstić information content (AvgIpc) is 2.02. The van der Waals surface area contributed by atoms with Crippen LogP contribution in [0.4, 0.5) is 0 Å². The van der Waals surface area contributed by atoms with Crippen LogP contribution >= 0.6 is 0 Å². The zero-order chi connectivity index (χ0) is 12.2. The summed E-state index contributed by atoms with van der Waals surface area (Å²) in [5.74, 6) is -7.78. The van der Waals surface area contributed by atoms with Crippen molar-refractivity contribution in [2.75, 3.05) is 0 Å². The van der Waals surface area contributed by atoms with Gasteiger partial charge in [-0.05, 0) is 6.42 Å². The van der Waals surface area contributed by atoms with Crippen LogP contribution in [0.5, 0.6) is 0 Å². The van der Waals surface area contributed by atoms with Gasteiger partial charge in [0.2, 0.25) is 0 Å². The second-order valence-corrected chi connectivity index (χ2v) is 3.04. The maximum atomic E-state index is 10.5. The first-order valence-corrected chi connectivity index (χ1v) is 4.10. The molecule has 0 saturated carbocycles. The van der Waals surface area contributed by atoms with Gasteiger partial charge in [-0.15, -0.1) is 0 Å². The van der Waals surface area contributed by atoms with Gasteiger partial charge in [-0.25, -0.2) is 0 Å². The van der Waals surface area contributed by atoms with E-state index in [2.05, 4.69) is 0 Å². The molecule has 1 N–H and O–H groups in total. The molecule has 0 heterocycles. The molecule has 0 aromatic carbocycles. The second-order valence-electron chi connectivity index (χ2n) is 3.04. The van der Waals surface area contributed by atoms with E-state index in [-0.39, 0.29) is 6.42 Å². The molecule has 0 aromatic heterocycles. The number of carboxylic acid groups (broad SMARTS) is 3. The average molecular weight is 217 g/mol. The summed E-state index contributed by atoms with van der Waals surface area (Å²) < 4.78 is 0. The highest BCUT2D eigenvalue weighted by Gasteiger charge is 2.38. The Labute approximate surface area is 85.0 Å². The highest BCUT2D eigenvalue weighted by molar-refractivity contribution is 5.87. The van der Waals surface area contributed by atoms with E-state index in [1.807, 2.05) is 0 Å². The third-order valence-electron chi connectivity index (χ3n) is 2.04. The fourth-order valence-electron chi connectivity index (χ4n) is 1.26. The molecule has 0 amide bonds. The monoisotopic (exact) mass is 217 g/mol. The van der Waals surface area contributed by atoms with Crippen LogP contribution in [0.25, 0.3) is 0 Å². The van der Waals surface area contributed by atoms with E-state index in [1.165, 1.54) is 6.92 Å². The van der Waals surface area contributed by atoms with Crippen molar-refractivity contribution in [3.8, 4) is 0 Å². The zero-order valence-corrected chi connectivity index (χ0v) is 7.89. The van der Waals surface area contributed by atoms with Gasteiger partial charge in [0.15, 0.2) is 0 Å². The van der Waals surface area contributed by atoms with E-state index in [0.29, 0.717) is 0 Å². The molecule has 86 valence electrons. The quantitative estimate of drug-likeness (QED) is 0.471. The number of carbonyl (C=O) groups excluding carboxylic acids is 3. The molecule has 7 heteroatoms. The summed E-state index contributed by atoms with van der Waals surface area (Å²) in [6.07, 6.45) is -1.66.